The van der Waals surface area contributed by atoms with E-state index in [0.717, 1.165) is 21.8 Å². The van der Waals surface area contributed by atoms with Crippen molar-refractivity contribution in [2.45, 2.75) is 0 Å². The van der Waals surface area contributed by atoms with Gasteiger partial charge in [-0.05, 0) is 30.3 Å². The molecular formula is C20H16N2O2. The number of methoxy groups -OCH3 is 1. The van der Waals surface area contributed by atoms with Gasteiger partial charge in [-0.1, -0.05) is 36.4 Å². The second-order valence-electron chi connectivity index (χ2n) is 5.52. The molecule has 1 aromatic heterocycles. The van der Waals surface area contributed by atoms with E-state index in [1.807, 2.05) is 41.1 Å². The molecule has 0 spiro atoms. The van der Waals surface area contributed by atoms with Crippen LogP contribution in [-0.4, -0.2) is 23.1 Å². The molecule has 4 nitrogen and oxygen atoms in total. The van der Waals surface area contributed by atoms with Crippen molar-refractivity contribution >= 4 is 28.0 Å². The molecule has 0 aliphatic carbocycles. The molecule has 1 heterocycles. The fourth-order valence-corrected chi connectivity index (χ4v) is 2.91. The zero-order chi connectivity index (χ0) is 16.5. The highest BCUT2D eigenvalue weighted by atomic mass is 16.5. The summed E-state index contributed by atoms with van der Waals surface area (Å²) < 4.78 is 7.10. The van der Waals surface area contributed by atoms with Crippen molar-refractivity contribution in [2.24, 2.45) is 5.10 Å². The van der Waals surface area contributed by atoms with Crippen LogP contribution in [0.25, 0.3) is 21.8 Å². The largest absolute Gasteiger partial charge is 0.507 e. The van der Waals surface area contributed by atoms with Crippen molar-refractivity contribution in [3.8, 4) is 11.5 Å². The first-order valence-electron chi connectivity index (χ1n) is 7.67. The number of ether oxygens (including phenoxy) is 1. The van der Waals surface area contributed by atoms with Crippen LogP contribution in [-0.2, 0) is 0 Å². The monoisotopic (exact) mass is 316 g/mol. The first-order chi connectivity index (χ1) is 11.8. The number of aromatic nitrogens is 1. The van der Waals surface area contributed by atoms with Crippen molar-refractivity contribution < 1.29 is 9.84 Å². The molecular weight excluding hydrogens is 300 g/mol. The Bertz CT molecular complexity index is 1010. The molecule has 0 aliphatic rings. The predicted octanol–water partition coefficient (Wildman–Crippen LogP) is 4.39. The van der Waals surface area contributed by atoms with Crippen LogP contribution in [0.2, 0.25) is 0 Å². The maximum Gasteiger partial charge on any atom is 0.124 e. The highest BCUT2D eigenvalue weighted by molar-refractivity contribution is 6.08. The van der Waals surface area contributed by atoms with Crippen LogP contribution < -0.4 is 4.74 Å². The maximum atomic E-state index is 10.0. The smallest absolute Gasteiger partial charge is 0.124 e. The molecule has 1 N–H and O–H groups in total. The van der Waals surface area contributed by atoms with Crippen LogP contribution in [0.15, 0.2) is 71.8 Å². The average Bonchev–Trinajstić information content (AvgIpc) is 2.95. The van der Waals surface area contributed by atoms with Gasteiger partial charge in [-0.15, -0.1) is 0 Å². The van der Waals surface area contributed by atoms with Gasteiger partial charge < -0.3 is 9.84 Å². The van der Waals surface area contributed by atoms with Crippen molar-refractivity contribution in [3.63, 3.8) is 0 Å². The Labute approximate surface area is 139 Å². The number of rotatable bonds is 3. The summed E-state index contributed by atoms with van der Waals surface area (Å²) in [6.45, 7) is 0. The van der Waals surface area contributed by atoms with Crippen LogP contribution in [0.5, 0.6) is 11.5 Å². The van der Waals surface area contributed by atoms with Gasteiger partial charge in [0.15, 0.2) is 0 Å². The molecule has 4 rings (SSSR count). The van der Waals surface area contributed by atoms with E-state index in [4.69, 9.17) is 4.74 Å². The van der Waals surface area contributed by atoms with Crippen molar-refractivity contribution in [1.29, 1.82) is 0 Å². The number of benzene rings is 3. The lowest BCUT2D eigenvalue weighted by atomic mass is 10.2. The van der Waals surface area contributed by atoms with Gasteiger partial charge in [0.25, 0.3) is 0 Å². The Hall–Kier alpha value is -3.27. The first-order valence-corrected chi connectivity index (χ1v) is 7.67. The standard InChI is InChI=1S/C20H16N2O2/c1-24-15-10-11-20(23)14(12-15)13-21-22-18-8-4-2-6-16(18)17-7-3-5-9-19(17)22/h2-13,23H,1H3/b21-13-. The summed E-state index contributed by atoms with van der Waals surface area (Å²) in [6.07, 6.45) is 1.65. The van der Waals surface area contributed by atoms with E-state index in [0.29, 0.717) is 11.3 Å². The number of fused-ring (bicyclic) bond motifs is 3. The zero-order valence-corrected chi connectivity index (χ0v) is 13.2. The molecule has 3 aromatic carbocycles. The summed E-state index contributed by atoms with van der Waals surface area (Å²) >= 11 is 0. The van der Waals surface area contributed by atoms with E-state index in [1.54, 1.807) is 31.5 Å². The average molecular weight is 316 g/mol. The maximum absolute atomic E-state index is 10.0. The third-order valence-corrected chi connectivity index (χ3v) is 4.10. The molecule has 0 saturated heterocycles. The van der Waals surface area contributed by atoms with Crippen LogP contribution in [0.4, 0.5) is 0 Å². The Morgan fingerprint density at radius 3 is 2.17 bits per heavy atom. The molecule has 0 saturated carbocycles. The summed E-state index contributed by atoms with van der Waals surface area (Å²) in [5, 5.41) is 16.9. The van der Waals surface area contributed by atoms with Crippen molar-refractivity contribution in [2.75, 3.05) is 7.11 Å². The second-order valence-corrected chi connectivity index (χ2v) is 5.52. The Morgan fingerprint density at radius 2 is 1.54 bits per heavy atom. The molecule has 0 radical (unpaired) electrons. The summed E-state index contributed by atoms with van der Waals surface area (Å²) in [7, 11) is 1.60. The lowest BCUT2D eigenvalue weighted by molar-refractivity contribution is 0.412. The van der Waals surface area contributed by atoms with Crippen LogP contribution in [0.1, 0.15) is 5.56 Å². The van der Waals surface area contributed by atoms with Crippen molar-refractivity contribution in [1.82, 2.24) is 4.68 Å². The minimum Gasteiger partial charge on any atom is -0.507 e. The molecule has 0 aliphatic heterocycles. The van der Waals surface area contributed by atoms with E-state index in [1.165, 1.54) is 0 Å². The number of aromatic hydroxyl groups is 1. The summed E-state index contributed by atoms with van der Waals surface area (Å²) in [4.78, 5) is 0. The van der Waals surface area contributed by atoms with E-state index >= 15 is 0 Å². The van der Waals surface area contributed by atoms with Gasteiger partial charge in [-0.25, -0.2) is 4.68 Å². The first kappa shape index (κ1) is 14.3. The van der Waals surface area contributed by atoms with Crippen molar-refractivity contribution in [3.05, 3.63) is 72.3 Å². The fourth-order valence-electron chi connectivity index (χ4n) is 2.91. The minimum atomic E-state index is 0.167. The zero-order valence-electron chi connectivity index (χ0n) is 13.2. The number of phenols is 1. The number of hydrogen-bond donors (Lipinski definition) is 1. The number of nitrogens with zero attached hydrogens (tertiary/aromatic N) is 2. The van der Waals surface area contributed by atoms with E-state index in [2.05, 4.69) is 17.2 Å². The van der Waals surface area contributed by atoms with E-state index < -0.39 is 0 Å². The molecule has 4 heteroatoms. The third kappa shape index (κ3) is 2.29. The summed E-state index contributed by atoms with van der Waals surface area (Å²) in [6, 6.07) is 21.4. The third-order valence-electron chi connectivity index (χ3n) is 4.10. The summed E-state index contributed by atoms with van der Waals surface area (Å²) in [5.41, 5.74) is 2.66. The van der Waals surface area contributed by atoms with Gasteiger partial charge in [0.05, 0.1) is 24.4 Å². The second kappa shape index (κ2) is 5.74. The van der Waals surface area contributed by atoms with Gasteiger partial charge >= 0.3 is 0 Å². The lowest BCUT2D eigenvalue weighted by Crippen LogP contribution is -1.92. The van der Waals surface area contributed by atoms with Crippen LogP contribution in [0, 0.1) is 0 Å². The predicted molar refractivity (Wildman–Crippen MR) is 97.1 cm³/mol. The Kier molecular flexibility index (Phi) is 3.43. The highest BCUT2D eigenvalue weighted by Gasteiger charge is 2.08. The Balaban J connectivity index is 1.90. The molecule has 0 fully saturated rings. The van der Waals surface area contributed by atoms with Gasteiger partial charge in [0, 0.05) is 16.3 Å². The van der Waals surface area contributed by atoms with E-state index in [9.17, 15) is 5.11 Å². The number of para-hydroxylation sites is 2. The topological polar surface area (TPSA) is 46.8 Å². The van der Waals surface area contributed by atoms with Crippen LogP contribution in [0.3, 0.4) is 0 Å². The molecule has 118 valence electrons. The van der Waals surface area contributed by atoms with Gasteiger partial charge in [-0.3, -0.25) is 0 Å². The molecule has 0 atom stereocenters. The van der Waals surface area contributed by atoms with Gasteiger partial charge in [0.1, 0.15) is 11.5 Å². The molecule has 24 heavy (non-hydrogen) atoms. The van der Waals surface area contributed by atoms with Crippen LogP contribution >= 0.6 is 0 Å². The van der Waals surface area contributed by atoms with Gasteiger partial charge in [0.2, 0.25) is 0 Å². The molecule has 0 unspecified atom stereocenters. The lowest BCUT2D eigenvalue weighted by Gasteiger charge is -2.04. The molecule has 0 bridgehead atoms. The molecule has 4 aromatic rings. The minimum absolute atomic E-state index is 0.167. The highest BCUT2D eigenvalue weighted by Crippen LogP contribution is 2.29. The fraction of sp³-hybridized carbons (Fsp3) is 0.0500. The SMILES string of the molecule is COc1ccc(O)c(/C=N\n2c3ccccc3c3ccccc32)c1. The quantitative estimate of drug-likeness (QED) is 0.570. The van der Waals surface area contributed by atoms with E-state index in [-0.39, 0.29) is 5.75 Å². The number of hydrogen-bond acceptors (Lipinski definition) is 3. The van der Waals surface area contributed by atoms with Gasteiger partial charge in [-0.2, -0.15) is 5.10 Å². The number of phenolic OH excluding ortho intramolecular Hbond substituents is 1. The molecule has 0 amide bonds. The normalized spacial score (nSPS) is 11.5. The summed E-state index contributed by atoms with van der Waals surface area (Å²) in [5.74, 6) is 0.844. The Morgan fingerprint density at radius 1 is 0.917 bits per heavy atom.